The largest absolute Gasteiger partial charge is 0.327 e. The zero-order chi connectivity index (χ0) is 16.5. The fourth-order valence-corrected chi connectivity index (χ4v) is 4.34. The van der Waals surface area contributed by atoms with Crippen LogP contribution in [0.2, 0.25) is 0 Å². The van der Waals surface area contributed by atoms with Crippen molar-refractivity contribution in [3.63, 3.8) is 0 Å². The normalized spacial score (nSPS) is 33.1. The van der Waals surface area contributed by atoms with Gasteiger partial charge in [0.2, 0.25) is 0 Å². The molecule has 2 aliphatic rings. The molecule has 4 N–H and O–H groups in total. The van der Waals surface area contributed by atoms with E-state index in [1.807, 2.05) is 0 Å². The van der Waals surface area contributed by atoms with Gasteiger partial charge in [-0.25, -0.2) is 0 Å². The smallest absolute Gasteiger partial charge is 0.0171 e. The lowest BCUT2D eigenvalue weighted by molar-refractivity contribution is 0.0225. The first-order valence-corrected chi connectivity index (χ1v) is 9.09. The van der Waals surface area contributed by atoms with Gasteiger partial charge >= 0.3 is 0 Å². The predicted octanol–water partition coefficient (Wildman–Crippen LogP) is 2.03. The molecular formula is C18H38N4. The van der Waals surface area contributed by atoms with E-state index in [0.29, 0.717) is 18.0 Å². The molecule has 130 valence electrons. The summed E-state index contributed by atoms with van der Waals surface area (Å²) in [5.41, 5.74) is 13.0. The van der Waals surface area contributed by atoms with Crippen LogP contribution in [0.5, 0.6) is 0 Å². The summed E-state index contributed by atoms with van der Waals surface area (Å²) >= 11 is 0. The van der Waals surface area contributed by atoms with Crippen LogP contribution < -0.4 is 11.5 Å². The third-order valence-electron chi connectivity index (χ3n) is 5.62. The van der Waals surface area contributed by atoms with E-state index in [9.17, 15) is 0 Å². The second-order valence-corrected chi connectivity index (χ2v) is 9.30. The topological polar surface area (TPSA) is 58.5 Å². The van der Waals surface area contributed by atoms with Crippen molar-refractivity contribution in [3.8, 4) is 0 Å². The molecule has 0 bridgehead atoms. The van der Waals surface area contributed by atoms with Gasteiger partial charge in [-0.15, -0.1) is 0 Å². The molecular weight excluding hydrogens is 272 g/mol. The molecule has 0 aromatic carbocycles. The molecule has 22 heavy (non-hydrogen) atoms. The Kier molecular flexibility index (Phi) is 5.59. The van der Waals surface area contributed by atoms with Gasteiger partial charge in [0, 0.05) is 42.8 Å². The van der Waals surface area contributed by atoms with Gasteiger partial charge in [0.25, 0.3) is 0 Å². The van der Waals surface area contributed by atoms with E-state index in [2.05, 4.69) is 44.4 Å². The molecule has 0 aliphatic carbocycles. The van der Waals surface area contributed by atoms with E-state index in [-0.39, 0.29) is 11.1 Å². The third-order valence-corrected chi connectivity index (χ3v) is 5.62. The number of hydrogen-bond acceptors (Lipinski definition) is 4. The third kappa shape index (κ3) is 4.67. The predicted molar refractivity (Wildman–Crippen MR) is 94.9 cm³/mol. The highest BCUT2D eigenvalue weighted by Gasteiger charge is 2.37. The van der Waals surface area contributed by atoms with Crippen LogP contribution in [0.15, 0.2) is 0 Å². The Balaban J connectivity index is 1.98. The highest BCUT2D eigenvalue weighted by molar-refractivity contribution is 4.94. The first-order chi connectivity index (χ1) is 10.1. The average molecular weight is 311 g/mol. The molecule has 0 saturated carbocycles. The molecule has 4 nitrogen and oxygen atoms in total. The van der Waals surface area contributed by atoms with Gasteiger partial charge in [-0.3, -0.25) is 9.80 Å². The van der Waals surface area contributed by atoms with Gasteiger partial charge in [-0.2, -0.15) is 0 Å². The van der Waals surface area contributed by atoms with Crippen LogP contribution >= 0.6 is 0 Å². The van der Waals surface area contributed by atoms with Gasteiger partial charge in [0.1, 0.15) is 0 Å². The average Bonchev–Trinajstić information content (AvgIpc) is 2.36. The molecule has 2 rings (SSSR count). The molecule has 3 atom stereocenters. The summed E-state index contributed by atoms with van der Waals surface area (Å²) in [6, 6.07) is 0.671. The molecule has 2 fully saturated rings. The fraction of sp³-hybridized carbons (Fsp3) is 1.00. The van der Waals surface area contributed by atoms with E-state index < -0.39 is 0 Å². The van der Waals surface area contributed by atoms with Crippen molar-refractivity contribution in [3.05, 3.63) is 0 Å². The van der Waals surface area contributed by atoms with Crippen LogP contribution in [-0.4, -0.2) is 59.1 Å². The molecule has 2 aliphatic heterocycles. The van der Waals surface area contributed by atoms with Gasteiger partial charge in [0.15, 0.2) is 0 Å². The van der Waals surface area contributed by atoms with Crippen molar-refractivity contribution < 1.29 is 0 Å². The number of nitrogens with two attached hydrogens (primary N) is 2. The summed E-state index contributed by atoms with van der Waals surface area (Å²) in [5, 5.41) is 0. The zero-order valence-electron chi connectivity index (χ0n) is 15.4. The van der Waals surface area contributed by atoms with Crippen molar-refractivity contribution in [2.24, 2.45) is 17.4 Å². The summed E-state index contributed by atoms with van der Waals surface area (Å²) in [4.78, 5) is 5.19. The van der Waals surface area contributed by atoms with Crippen LogP contribution in [0.4, 0.5) is 0 Å². The maximum Gasteiger partial charge on any atom is 0.0171 e. The Morgan fingerprint density at radius 3 is 2.14 bits per heavy atom. The van der Waals surface area contributed by atoms with Crippen molar-refractivity contribution in [1.82, 2.24) is 9.80 Å². The van der Waals surface area contributed by atoms with Crippen molar-refractivity contribution in [1.29, 1.82) is 0 Å². The summed E-state index contributed by atoms with van der Waals surface area (Å²) in [6.07, 6.45) is 4.80. The minimum Gasteiger partial charge on any atom is -0.327 e. The highest BCUT2D eigenvalue weighted by atomic mass is 15.2. The van der Waals surface area contributed by atoms with Gasteiger partial charge in [-0.1, -0.05) is 0 Å². The van der Waals surface area contributed by atoms with Gasteiger partial charge in [0.05, 0.1) is 0 Å². The lowest BCUT2D eigenvalue weighted by Gasteiger charge is -2.48. The minimum atomic E-state index is 0.216. The van der Waals surface area contributed by atoms with Crippen LogP contribution in [0, 0.1) is 5.92 Å². The fourth-order valence-electron chi connectivity index (χ4n) is 4.34. The van der Waals surface area contributed by atoms with E-state index in [1.54, 1.807) is 0 Å². The molecule has 0 aromatic heterocycles. The minimum absolute atomic E-state index is 0.216. The number of nitrogens with zero attached hydrogens (tertiary/aromatic N) is 2. The van der Waals surface area contributed by atoms with E-state index in [1.165, 1.54) is 32.4 Å². The van der Waals surface area contributed by atoms with Crippen LogP contribution in [0.3, 0.4) is 0 Å². The monoisotopic (exact) mass is 310 g/mol. The van der Waals surface area contributed by atoms with Crippen molar-refractivity contribution in [2.45, 2.75) is 83.5 Å². The molecule has 0 radical (unpaired) electrons. The SMILES string of the molecule is CC(C)(C)N1CC(CC(C)(C)N2CCC[C@@H](N)C2)C[C@H](N)C1. The molecule has 0 spiro atoms. The molecule has 0 amide bonds. The summed E-state index contributed by atoms with van der Waals surface area (Å²) in [6.45, 7) is 16.2. The van der Waals surface area contributed by atoms with Crippen LogP contribution in [-0.2, 0) is 0 Å². The van der Waals surface area contributed by atoms with E-state index >= 15 is 0 Å². The number of likely N-dealkylation sites (tertiary alicyclic amines) is 2. The Morgan fingerprint density at radius 1 is 0.909 bits per heavy atom. The first kappa shape index (κ1) is 18.2. The Hall–Kier alpha value is -0.160. The van der Waals surface area contributed by atoms with E-state index in [0.717, 1.165) is 19.5 Å². The van der Waals surface area contributed by atoms with Gasteiger partial charge in [-0.05, 0) is 72.8 Å². The summed E-state index contributed by atoms with van der Waals surface area (Å²) in [5.74, 6) is 0.691. The Morgan fingerprint density at radius 2 is 1.55 bits per heavy atom. The van der Waals surface area contributed by atoms with Crippen molar-refractivity contribution >= 4 is 0 Å². The standard InChI is InChI=1S/C18H38N4/c1-17(2,3)22-11-14(9-16(20)13-22)10-18(4,5)21-8-6-7-15(19)12-21/h14-16H,6-13,19-20H2,1-5H3/t14?,15-,16+/m1/s1. The molecule has 2 saturated heterocycles. The van der Waals surface area contributed by atoms with Crippen molar-refractivity contribution in [2.75, 3.05) is 26.2 Å². The second-order valence-electron chi connectivity index (χ2n) is 9.30. The zero-order valence-corrected chi connectivity index (χ0v) is 15.4. The number of rotatable bonds is 3. The maximum absolute atomic E-state index is 6.36. The van der Waals surface area contributed by atoms with Gasteiger partial charge < -0.3 is 11.5 Å². The molecule has 2 heterocycles. The lowest BCUT2D eigenvalue weighted by Crippen LogP contribution is -2.57. The lowest BCUT2D eigenvalue weighted by atomic mass is 9.81. The van der Waals surface area contributed by atoms with E-state index in [4.69, 9.17) is 11.5 Å². The number of piperidine rings is 2. The quantitative estimate of drug-likeness (QED) is 0.837. The highest BCUT2D eigenvalue weighted by Crippen LogP contribution is 2.32. The Bertz CT molecular complexity index is 361. The first-order valence-electron chi connectivity index (χ1n) is 9.09. The Labute approximate surface area is 137 Å². The molecule has 1 unspecified atom stereocenters. The molecule has 0 aromatic rings. The second kappa shape index (κ2) is 6.76. The maximum atomic E-state index is 6.36. The van der Waals surface area contributed by atoms with Crippen LogP contribution in [0.25, 0.3) is 0 Å². The summed E-state index contributed by atoms with van der Waals surface area (Å²) in [7, 11) is 0. The van der Waals surface area contributed by atoms with Crippen LogP contribution in [0.1, 0.15) is 60.3 Å². The number of hydrogen-bond donors (Lipinski definition) is 2. The molecule has 4 heteroatoms. The summed E-state index contributed by atoms with van der Waals surface area (Å²) < 4.78 is 0.